The first-order valence-corrected chi connectivity index (χ1v) is 10.4. The first kappa shape index (κ1) is 20.8. The maximum Gasteiger partial charge on any atom is 0.227 e. The summed E-state index contributed by atoms with van der Waals surface area (Å²) in [6, 6.07) is 6.43. The van der Waals surface area contributed by atoms with Gasteiger partial charge in [0.25, 0.3) is 0 Å². The highest BCUT2D eigenvalue weighted by molar-refractivity contribution is 6.31. The van der Waals surface area contributed by atoms with Crippen molar-refractivity contribution in [2.45, 2.75) is 33.4 Å². The lowest BCUT2D eigenvalue weighted by molar-refractivity contribution is -0.143. The maximum atomic E-state index is 13.6. The van der Waals surface area contributed by atoms with Crippen LogP contribution in [-0.4, -0.2) is 45.3 Å². The number of pyridine rings is 1. The van der Waals surface area contributed by atoms with Crippen molar-refractivity contribution in [1.29, 1.82) is 0 Å². The minimum absolute atomic E-state index is 0.0406. The third-order valence-corrected chi connectivity index (χ3v) is 6.12. The molecule has 1 aliphatic rings. The fourth-order valence-electron chi connectivity index (χ4n) is 3.84. The number of morpholine rings is 1. The van der Waals surface area contributed by atoms with E-state index >= 15 is 0 Å². The van der Waals surface area contributed by atoms with Crippen molar-refractivity contribution in [2.24, 2.45) is 5.92 Å². The van der Waals surface area contributed by atoms with Gasteiger partial charge in [0.2, 0.25) is 5.91 Å². The average molecular weight is 431 g/mol. The van der Waals surface area contributed by atoms with Gasteiger partial charge in [0.05, 0.1) is 47.7 Å². The molecule has 1 amide bonds. The monoisotopic (exact) mass is 430 g/mol. The lowest BCUT2D eigenvalue weighted by atomic mass is 10.1. The number of halogens is 2. The summed E-state index contributed by atoms with van der Waals surface area (Å²) in [5.41, 5.74) is 2.32. The number of aryl methyl sites for hydroxylation is 1. The number of amides is 1. The number of carbonyl (C=O) groups excluding carboxylic acids is 1. The van der Waals surface area contributed by atoms with E-state index in [1.807, 2.05) is 31.7 Å². The summed E-state index contributed by atoms with van der Waals surface area (Å²) in [6.07, 6.45) is 1.37. The highest BCUT2D eigenvalue weighted by Gasteiger charge is 2.29. The molecule has 8 heteroatoms. The van der Waals surface area contributed by atoms with Gasteiger partial charge in [0.15, 0.2) is 0 Å². The summed E-state index contributed by atoms with van der Waals surface area (Å²) in [5.74, 6) is -0.505. The highest BCUT2D eigenvalue weighted by atomic mass is 35.5. The number of hydrogen-bond donors (Lipinski definition) is 0. The first-order valence-electron chi connectivity index (χ1n) is 9.98. The standard InChI is InChI=1S/C22H24ClFN4O2/c1-13(11-28-15(3)21(23)14(2)26-28)22(29)27-6-7-30-20(12-27)19-9-17-8-18(24)5-4-16(17)10-25-19/h4-5,8-10,13,20H,6-7,11-12H2,1-3H3/t13-,20-/m1/s1. The Hall–Kier alpha value is -2.51. The third kappa shape index (κ3) is 4.04. The van der Waals surface area contributed by atoms with Crippen LogP contribution >= 0.6 is 11.6 Å². The Kier molecular flexibility index (Phi) is 5.75. The second kappa shape index (κ2) is 8.32. The van der Waals surface area contributed by atoms with E-state index in [2.05, 4.69) is 10.1 Å². The predicted octanol–water partition coefficient (Wildman–Crippen LogP) is 4.08. The van der Waals surface area contributed by atoms with Crippen LogP contribution in [0.2, 0.25) is 5.02 Å². The van der Waals surface area contributed by atoms with Gasteiger partial charge >= 0.3 is 0 Å². The van der Waals surface area contributed by atoms with E-state index in [4.69, 9.17) is 16.3 Å². The molecule has 4 rings (SSSR count). The van der Waals surface area contributed by atoms with Crippen LogP contribution in [0.3, 0.4) is 0 Å². The molecule has 2 aromatic heterocycles. The van der Waals surface area contributed by atoms with Crippen molar-refractivity contribution < 1.29 is 13.9 Å². The maximum absolute atomic E-state index is 13.6. The number of rotatable bonds is 4. The molecule has 0 unspecified atom stereocenters. The minimum Gasteiger partial charge on any atom is -0.368 e. The van der Waals surface area contributed by atoms with E-state index in [1.54, 1.807) is 16.9 Å². The number of hydrogen-bond acceptors (Lipinski definition) is 4. The fourth-order valence-corrected chi connectivity index (χ4v) is 3.97. The van der Waals surface area contributed by atoms with Gasteiger partial charge in [-0.25, -0.2) is 4.39 Å². The molecule has 3 heterocycles. The summed E-state index contributed by atoms with van der Waals surface area (Å²) in [5, 5.41) is 6.69. The Bertz CT molecular complexity index is 1100. The van der Waals surface area contributed by atoms with E-state index < -0.39 is 0 Å². The van der Waals surface area contributed by atoms with Crippen molar-refractivity contribution >= 4 is 28.3 Å². The molecule has 0 saturated carbocycles. The van der Waals surface area contributed by atoms with Crippen LogP contribution < -0.4 is 0 Å². The molecular weight excluding hydrogens is 407 g/mol. The van der Waals surface area contributed by atoms with Crippen molar-refractivity contribution in [1.82, 2.24) is 19.7 Å². The lowest BCUT2D eigenvalue weighted by Gasteiger charge is -2.34. The minimum atomic E-state index is -0.342. The van der Waals surface area contributed by atoms with Crippen LogP contribution in [0, 0.1) is 25.6 Å². The van der Waals surface area contributed by atoms with Gasteiger partial charge in [-0.2, -0.15) is 5.10 Å². The van der Waals surface area contributed by atoms with E-state index in [1.165, 1.54) is 12.1 Å². The van der Waals surface area contributed by atoms with Crippen molar-refractivity contribution in [3.8, 4) is 0 Å². The Balaban J connectivity index is 1.47. The summed E-state index contributed by atoms with van der Waals surface area (Å²) >= 11 is 6.22. The molecule has 0 aliphatic carbocycles. The third-order valence-electron chi connectivity index (χ3n) is 5.57. The van der Waals surface area contributed by atoms with Crippen molar-refractivity contribution in [2.75, 3.05) is 19.7 Å². The number of benzene rings is 1. The first-order chi connectivity index (χ1) is 14.3. The zero-order valence-corrected chi connectivity index (χ0v) is 18.0. The smallest absolute Gasteiger partial charge is 0.227 e. The van der Waals surface area contributed by atoms with Crippen molar-refractivity contribution in [3.63, 3.8) is 0 Å². The summed E-state index contributed by atoms with van der Waals surface area (Å²) in [6.45, 7) is 7.49. The normalized spacial score (nSPS) is 18.0. The van der Waals surface area contributed by atoms with Crippen LogP contribution in [0.1, 0.15) is 30.1 Å². The van der Waals surface area contributed by atoms with E-state index in [-0.39, 0.29) is 23.7 Å². The highest BCUT2D eigenvalue weighted by Crippen LogP contribution is 2.26. The van der Waals surface area contributed by atoms with Gasteiger partial charge in [0, 0.05) is 18.1 Å². The topological polar surface area (TPSA) is 60.2 Å². The molecule has 1 fully saturated rings. The zero-order valence-electron chi connectivity index (χ0n) is 17.2. The Morgan fingerprint density at radius 2 is 2.13 bits per heavy atom. The van der Waals surface area contributed by atoms with E-state index in [9.17, 15) is 9.18 Å². The molecular formula is C22H24ClFN4O2. The van der Waals surface area contributed by atoms with Crippen LogP contribution in [0.15, 0.2) is 30.5 Å². The quantitative estimate of drug-likeness (QED) is 0.625. The lowest BCUT2D eigenvalue weighted by Crippen LogP contribution is -2.45. The fraction of sp³-hybridized carbons (Fsp3) is 0.409. The number of carbonyl (C=O) groups is 1. The molecule has 158 valence electrons. The molecule has 0 radical (unpaired) electrons. The molecule has 30 heavy (non-hydrogen) atoms. The second-order valence-corrected chi connectivity index (χ2v) is 8.19. The average Bonchev–Trinajstić information content (AvgIpc) is 2.99. The Morgan fingerprint density at radius 1 is 1.33 bits per heavy atom. The van der Waals surface area contributed by atoms with Gasteiger partial charge < -0.3 is 9.64 Å². The SMILES string of the molecule is Cc1nn(C[C@@H](C)C(=O)N2CCO[C@@H](c3cc4cc(F)ccc4cn3)C2)c(C)c1Cl. The molecule has 1 aromatic carbocycles. The van der Waals surface area contributed by atoms with Crippen LogP contribution in [0.4, 0.5) is 4.39 Å². The zero-order chi connectivity index (χ0) is 21.4. The molecule has 6 nitrogen and oxygen atoms in total. The molecule has 3 aromatic rings. The van der Waals surface area contributed by atoms with Gasteiger partial charge in [-0.15, -0.1) is 0 Å². The van der Waals surface area contributed by atoms with Crippen LogP contribution in [0.5, 0.6) is 0 Å². The molecule has 0 bridgehead atoms. The Morgan fingerprint density at radius 3 is 2.87 bits per heavy atom. The molecule has 2 atom stereocenters. The van der Waals surface area contributed by atoms with Gasteiger partial charge in [0.1, 0.15) is 11.9 Å². The van der Waals surface area contributed by atoms with Gasteiger partial charge in [-0.3, -0.25) is 14.5 Å². The predicted molar refractivity (Wildman–Crippen MR) is 113 cm³/mol. The van der Waals surface area contributed by atoms with E-state index in [0.717, 1.165) is 22.2 Å². The number of fused-ring (bicyclic) bond motifs is 1. The summed E-state index contributed by atoms with van der Waals surface area (Å²) in [4.78, 5) is 19.4. The van der Waals surface area contributed by atoms with E-state index in [0.29, 0.717) is 37.0 Å². The van der Waals surface area contributed by atoms with Gasteiger partial charge in [-0.05, 0) is 43.5 Å². The Labute approximate surface area is 179 Å². The summed E-state index contributed by atoms with van der Waals surface area (Å²) in [7, 11) is 0. The summed E-state index contributed by atoms with van der Waals surface area (Å²) < 4.78 is 21.2. The molecule has 0 spiro atoms. The van der Waals surface area contributed by atoms with Crippen LogP contribution in [0.25, 0.3) is 10.8 Å². The number of nitrogens with zero attached hydrogens (tertiary/aromatic N) is 4. The van der Waals surface area contributed by atoms with Crippen LogP contribution in [-0.2, 0) is 16.1 Å². The van der Waals surface area contributed by atoms with Gasteiger partial charge in [-0.1, -0.05) is 18.5 Å². The molecule has 1 saturated heterocycles. The molecule has 0 N–H and O–H groups in total. The number of aromatic nitrogens is 3. The van der Waals surface area contributed by atoms with Crippen molar-refractivity contribution in [3.05, 3.63) is 58.4 Å². The number of ether oxygens (including phenoxy) is 1. The molecule has 1 aliphatic heterocycles. The largest absolute Gasteiger partial charge is 0.368 e. The second-order valence-electron chi connectivity index (χ2n) is 7.81.